The van der Waals surface area contributed by atoms with Crippen LogP contribution in [0.2, 0.25) is 0 Å². The van der Waals surface area contributed by atoms with Crippen molar-refractivity contribution in [3.05, 3.63) is 64.3 Å². The number of anilines is 1. The number of benzene rings is 1. The van der Waals surface area contributed by atoms with Crippen molar-refractivity contribution in [2.45, 2.75) is 53.7 Å². The molecule has 6 heteroatoms. The fourth-order valence-corrected chi connectivity index (χ4v) is 4.40. The van der Waals surface area contributed by atoms with E-state index < -0.39 is 11.7 Å². The molecule has 0 aliphatic heterocycles. The van der Waals surface area contributed by atoms with E-state index in [-0.39, 0.29) is 0 Å². The van der Waals surface area contributed by atoms with Gasteiger partial charge < -0.3 is 9.47 Å². The van der Waals surface area contributed by atoms with Crippen molar-refractivity contribution in [2.24, 2.45) is 0 Å². The number of amides is 1. The van der Waals surface area contributed by atoms with Gasteiger partial charge in [-0.15, -0.1) is 11.3 Å². The van der Waals surface area contributed by atoms with Gasteiger partial charge in [-0.05, 0) is 58.7 Å². The zero-order valence-electron chi connectivity index (χ0n) is 19.3. The molecule has 0 bridgehead atoms. The van der Waals surface area contributed by atoms with E-state index in [0.717, 1.165) is 38.7 Å². The molecule has 0 unspecified atom stereocenters. The normalized spacial score (nSPS) is 11.3. The van der Waals surface area contributed by atoms with E-state index in [1.807, 2.05) is 58.2 Å². The van der Waals surface area contributed by atoms with Crippen LogP contribution in [0.5, 0.6) is 5.75 Å². The zero-order valence-corrected chi connectivity index (χ0v) is 20.1. The number of hydrogen-bond acceptors (Lipinski definition) is 5. The number of rotatable bonds is 5. The molecular weight excluding hydrogens is 408 g/mol. The first-order valence-corrected chi connectivity index (χ1v) is 11.1. The maximum atomic E-state index is 13.2. The van der Waals surface area contributed by atoms with Crippen molar-refractivity contribution in [2.75, 3.05) is 12.0 Å². The summed E-state index contributed by atoms with van der Waals surface area (Å²) >= 11 is 1.61. The molecule has 0 radical (unpaired) electrons. The Bertz CT molecular complexity index is 1080. The largest absolute Gasteiger partial charge is 0.496 e. The second-order valence-corrected chi connectivity index (χ2v) is 9.51. The number of aryl methyl sites for hydroxylation is 2. The number of methoxy groups -OCH3 is 1. The summed E-state index contributed by atoms with van der Waals surface area (Å²) in [5.74, 6) is 0.792. The molecule has 5 nitrogen and oxygen atoms in total. The summed E-state index contributed by atoms with van der Waals surface area (Å²) in [6.07, 6.45) is 1.38. The standard InChI is InChI=1S/C25H30N2O3S/c1-16-10-8-9-11-20(16)22-12-19(15-31-22)27(24(28)30-25(4,5)6)14-21-18(3)23(29-7)17(2)13-26-21/h8-13,15H,14H2,1-7H3. The average Bonchev–Trinajstić information content (AvgIpc) is 3.16. The van der Waals surface area contributed by atoms with Crippen LogP contribution in [-0.4, -0.2) is 23.8 Å². The fourth-order valence-electron chi connectivity index (χ4n) is 3.42. The molecule has 0 fully saturated rings. The Morgan fingerprint density at radius 1 is 1.13 bits per heavy atom. The Morgan fingerprint density at radius 2 is 1.84 bits per heavy atom. The minimum Gasteiger partial charge on any atom is -0.496 e. The van der Waals surface area contributed by atoms with E-state index in [9.17, 15) is 4.79 Å². The monoisotopic (exact) mass is 438 g/mol. The molecule has 0 aliphatic carbocycles. The van der Waals surface area contributed by atoms with E-state index in [1.165, 1.54) is 5.56 Å². The molecule has 1 amide bonds. The third-order valence-electron chi connectivity index (χ3n) is 4.98. The SMILES string of the molecule is COc1c(C)cnc(CN(C(=O)OC(C)(C)C)c2csc(-c3ccccc3C)c2)c1C. The predicted molar refractivity (Wildman–Crippen MR) is 127 cm³/mol. The average molecular weight is 439 g/mol. The van der Waals surface area contributed by atoms with E-state index in [0.29, 0.717) is 6.54 Å². The number of aromatic nitrogens is 1. The smallest absolute Gasteiger partial charge is 0.415 e. The molecule has 1 aromatic carbocycles. The van der Waals surface area contributed by atoms with Gasteiger partial charge in [-0.3, -0.25) is 9.88 Å². The molecule has 3 rings (SSSR count). The van der Waals surface area contributed by atoms with Crippen molar-refractivity contribution < 1.29 is 14.3 Å². The summed E-state index contributed by atoms with van der Waals surface area (Å²) < 4.78 is 11.3. The second kappa shape index (κ2) is 9.10. The van der Waals surface area contributed by atoms with Gasteiger partial charge in [0, 0.05) is 27.6 Å². The van der Waals surface area contributed by atoms with Crippen molar-refractivity contribution in [3.63, 3.8) is 0 Å². The highest BCUT2D eigenvalue weighted by atomic mass is 32.1. The molecule has 0 saturated carbocycles. The summed E-state index contributed by atoms with van der Waals surface area (Å²) in [5.41, 5.74) is 5.21. The van der Waals surface area contributed by atoms with Gasteiger partial charge in [-0.25, -0.2) is 4.79 Å². The highest BCUT2D eigenvalue weighted by Crippen LogP contribution is 2.35. The summed E-state index contributed by atoms with van der Waals surface area (Å²) in [6, 6.07) is 10.3. The fraction of sp³-hybridized carbons (Fsp3) is 0.360. The van der Waals surface area contributed by atoms with Gasteiger partial charge in [0.15, 0.2) is 0 Å². The molecule has 0 aliphatic rings. The lowest BCUT2D eigenvalue weighted by Gasteiger charge is -2.27. The van der Waals surface area contributed by atoms with Crippen LogP contribution in [0.1, 0.15) is 43.2 Å². The Morgan fingerprint density at radius 3 is 2.48 bits per heavy atom. The number of ether oxygens (including phenoxy) is 2. The lowest BCUT2D eigenvalue weighted by Crippen LogP contribution is -2.36. The number of carbonyl (C=O) groups excluding carboxylic acids is 1. The van der Waals surface area contributed by atoms with Crippen LogP contribution in [-0.2, 0) is 11.3 Å². The minimum atomic E-state index is -0.600. The van der Waals surface area contributed by atoms with Crippen molar-refractivity contribution >= 4 is 23.1 Å². The Hall–Kier alpha value is -2.86. The third kappa shape index (κ3) is 5.25. The maximum Gasteiger partial charge on any atom is 0.415 e. The summed E-state index contributed by atoms with van der Waals surface area (Å²) in [6.45, 7) is 11.9. The quantitative estimate of drug-likeness (QED) is 0.445. The van der Waals surface area contributed by atoms with Crippen molar-refractivity contribution in [3.8, 4) is 16.2 Å². The lowest BCUT2D eigenvalue weighted by atomic mass is 10.1. The van der Waals surface area contributed by atoms with Crippen LogP contribution in [0.4, 0.5) is 10.5 Å². The minimum absolute atomic E-state index is 0.293. The molecule has 0 atom stereocenters. The second-order valence-electron chi connectivity index (χ2n) is 8.60. The Labute approximate surface area is 188 Å². The number of pyridine rings is 1. The Balaban J connectivity index is 2.01. The van der Waals surface area contributed by atoms with Gasteiger partial charge in [0.2, 0.25) is 0 Å². The van der Waals surface area contributed by atoms with E-state index in [4.69, 9.17) is 9.47 Å². The van der Waals surface area contributed by atoms with E-state index >= 15 is 0 Å². The van der Waals surface area contributed by atoms with Crippen LogP contribution in [0.15, 0.2) is 41.9 Å². The highest BCUT2D eigenvalue weighted by Gasteiger charge is 2.26. The number of hydrogen-bond donors (Lipinski definition) is 0. The first-order chi connectivity index (χ1) is 14.6. The molecular formula is C25H30N2O3S. The van der Waals surface area contributed by atoms with Crippen LogP contribution < -0.4 is 9.64 Å². The molecule has 0 N–H and O–H groups in total. The summed E-state index contributed by atoms with van der Waals surface area (Å²) in [4.78, 5) is 20.5. The van der Waals surface area contributed by atoms with Crippen molar-refractivity contribution in [1.29, 1.82) is 0 Å². The van der Waals surface area contributed by atoms with Crippen molar-refractivity contribution in [1.82, 2.24) is 4.98 Å². The Kier molecular flexibility index (Phi) is 6.70. The lowest BCUT2D eigenvalue weighted by molar-refractivity contribution is 0.0577. The number of thiophene rings is 1. The summed E-state index contributed by atoms with van der Waals surface area (Å²) in [7, 11) is 1.65. The van der Waals surface area contributed by atoms with Crippen LogP contribution in [0.3, 0.4) is 0 Å². The predicted octanol–water partition coefficient (Wildman–Crippen LogP) is 6.69. The van der Waals surface area contributed by atoms with E-state index in [1.54, 1.807) is 29.5 Å². The van der Waals surface area contributed by atoms with Crippen LogP contribution in [0.25, 0.3) is 10.4 Å². The highest BCUT2D eigenvalue weighted by molar-refractivity contribution is 7.14. The van der Waals surface area contributed by atoms with Crippen LogP contribution >= 0.6 is 11.3 Å². The first kappa shape index (κ1) is 22.8. The van der Waals surface area contributed by atoms with Gasteiger partial charge in [-0.1, -0.05) is 24.3 Å². The molecule has 164 valence electrons. The number of carbonyl (C=O) groups is 1. The number of nitrogens with zero attached hydrogens (tertiary/aromatic N) is 2. The van der Waals surface area contributed by atoms with Gasteiger partial charge in [0.05, 0.1) is 25.0 Å². The maximum absolute atomic E-state index is 13.2. The molecule has 2 aromatic heterocycles. The summed E-state index contributed by atoms with van der Waals surface area (Å²) in [5, 5.41) is 1.99. The van der Waals surface area contributed by atoms with E-state index in [2.05, 4.69) is 24.0 Å². The third-order valence-corrected chi connectivity index (χ3v) is 5.93. The van der Waals surface area contributed by atoms with Gasteiger partial charge >= 0.3 is 6.09 Å². The zero-order chi connectivity index (χ0) is 22.8. The first-order valence-electron chi connectivity index (χ1n) is 10.2. The van der Waals surface area contributed by atoms with Crippen LogP contribution in [0, 0.1) is 20.8 Å². The molecule has 3 aromatic rings. The molecule has 0 spiro atoms. The van der Waals surface area contributed by atoms with Gasteiger partial charge in [0.25, 0.3) is 0 Å². The molecule has 0 saturated heterocycles. The molecule has 2 heterocycles. The molecule has 31 heavy (non-hydrogen) atoms. The van der Waals surface area contributed by atoms with Gasteiger partial charge in [-0.2, -0.15) is 0 Å². The topological polar surface area (TPSA) is 51.7 Å². The van der Waals surface area contributed by atoms with Gasteiger partial charge in [0.1, 0.15) is 11.4 Å².